The number of aliphatic hydroxyl groups is 4. The van der Waals surface area contributed by atoms with Crippen LogP contribution in [-0.4, -0.2) is 89.6 Å². The van der Waals surface area contributed by atoms with Gasteiger partial charge < -0.3 is 39.4 Å². The Hall–Kier alpha value is -1.33. The normalized spacial score (nSPS) is 23.3. The number of hydrogen-bond donors (Lipinski definition) is 4. The maximum atomic E-state index is 12.5. The molecule has 1 saturated heterocycles. The van der Waals surface area contributed by atoms with Crippen LogP contribution in [0.1, 0.15) is 123 Å². The molecule has 0 spiro atoms. The van der Waals surface area contributed by atoms with E-state index in [1.807, 2.05) is 0 Å². The second kappa shape index (κ2) is 27.0. The van der Waals surface area contributed by atoms with Crippen LogP contribution < -0.4 is 0 Å². The molecule has 0 aromatic heterocycles. The summed E-state index contributed by atoms with van der Waals surface area (Å²) in [6, 6.07) is 0. The summed E-state index contributed by atoms with van der Waals surface area (Å²) in [5.74, 6) is -0.333. The van der Waals surface area contributed by atoms with Crippen LogP contribution in [0.25, 0.3) is 0 Å². The molecule has 1 aliphatic rings. The minimum Gasteiger partial charge on any atom is -0.457 e. The molecule has 9 nitrogen and oxygen atoms in total. The summed E-state index contributed by atoms with van der Waals surface area (Å²) in [4.78, 5) is 12.5. The van der Waals surface area contributed by atoms with Crippen molar-refractivity contribution in [3.05, 3.63) is 24.3 Å². The first-order valence-corrected chi connectivity index (χ1v) is 16.9. The summed E-state index contributed by atoms with van der Waals surface area (Å²) in [7, 11) is 0. The van der Waals surface area contributed by atoms with Crippen LogP contribution in [0, 0.1) is 0 Å². The molecule has 6 unspecified atom stereocenters. The molecule has 1 aliphatic heterocycles. The van der Waals surface area contributed by atoms with Crippen molar-refractivity contribution >= 4 is 5.97 Å². The van der Waals surface area contributed by atoms with E-state index in [1.54, 1.807) is 0 Å². The van der Waals surface area contributed by atoms with E-state index in [0.717, 1.165) is 64.2 Å². The van der Waals surface area contributed by atoms with E-state index in [0.29, 0.717) is 13.0 Å². The fourth-order valence-corrected chi connectivity index (χ4v) is 4.86. The minimum atomic E-state index is -1.53. The van der Waals surface area contributed by atoms with E-state index in [-0.39, 0.29) is 19.2 Å². The zero-order valence-corrected chi connectivity index (χ0v) is 27.0. The average Bonchev–Trinajstić information content (AvgIpc) is 3.00. The number of carbonyl (C=O) groups is 1. The van der Waals surface area contributed by atoms with Crippen LogP contribution >= 0.6 is 0 Å². The Morgan fingerprint density at radius 2 is 1.37 bits per heavy atom. The molecule has 1 heterocycles. The molecule has 0 aromatic carbocycles. The number of allylic oxidation sites excluding steroid dienone is 4. The van der Waals surface area contributed by atoms with Gasteiger partial charge in [0.2, 0.25) is 0 Å². The van der Waals surface area contributed by atoms with Gasteiger partial charge in [0.15, 0.2) is 6.29 Å². The highest BCUT2D eigenvalue weighted by Crippen LogP contribution is 2.22. The van der Waals surface area contributed by atoms with E-state index < -0.39 is 43.4 Å². The lowest BCUT2D eigenvalue weighted by Gasteiger charge is -2.39. The first-order chi connectivity index (χ1) is 20.9. The summed E-state index contributed by atoms with van der Waals surface area (Å²) in [5, 5.41) is 39.6. The zero-order chi connectivity index (χ0) is 31.5. The van der Waals surface area contributed by atoms with Crippen molar-refractivity contribution in [1.29, 1.82) is 0 Å². The summed E-state index contributed by atoms with van der Waals surface area (Å²) in [6.45, 7) is 4.38. The van der Waals surface area contributed by atoms with Gasteiger partial charge in [-0.3, -0.25) is 4.79 Å². The number of rotatable bonds is 27. The predicted molar refractivity (Wildman–Crippen MR) is 169 cm³/mol. The minimum absolute atomic E-state index is 0.117. The third-order valence-electron chi connectivity index (χ3n) is 7.62. The Kier molecular flexibility index (Phi) is 24.9. The molecule has 9 heteroatoms. The van der Waals surface area contributed by atoms with E-state index >= 15 is 0 Å². The molecule has 0 aliphatic carbocycles. The molecule has 0 amide bonds. The van der Waals surface area contributed by atoms with Crippen molar-refractivity contribution in [2.45, 2.75) is 160 Å². The van der Waals surface area contributed by atoms with Crippen molar-refractivity contribution in [2.75, 3.05) is 26.4 Å². The van der Waals surface area contributed by atoms with E-state index in [9.17, 15) is 25.2 Å². The van der Waals surface area contributed by atoms with Gasteiger partial charge >= 0.3 is 5.97 Å². The quantitative estimate of drug-likeness (QED) is 0.0536. The van der Waals surface area contributed by atoms with Crippen LogP contribution in [0.15, 0.2) is 24.3 Å². The van der Waals surface area contributed by atoms with Crippen molar-refractivity contribution < 1.29 is 44.2 Å². The third kappa shape index (κ3) is 19.6. The second-order valence-electron chi connectivity index (χ2n) is 11.6. The fourth-order valence-electron chi connectivity index (χ4n) is 4.86. The second-order valence-corrected chi connectivity index (χ2v) is 11.6. The van der Waals surface area contributed by atoms with Gasteiger partial charge in [-0.1, -0.05) is 102 Å². The SMILES string of the molecule is CCCC/C=C\C/C=C\CCCCCCCCOCC(COC1OC(CO)C(O)C(O)C1O)OC(=O)CCCCCCC. The van der Waals surface area contributed by atoms with Crippen LogP contribution in [0.4, 0.5) is 0 Å². The first kappa shape index (κ1) is 39.7. The Labute approximate surface area is 260 Å². The highest BCUT2D eigenvalue weighted by Gasteiger charge is 2.44. The molecular formula is C34H62O9. The zero-order valence-electron chi connectivity index (χ0n) is 27.0. The van der Waals surface area contributed by atoms with Crippen LogP contribution in [0.5, 0.6) is 0 Å². The summed E-state index contributed by atoms with van der Waals surface area (Å²) in [6.07, 6.45) is 19.6. The molecular weight excluding hydrogens is 552 g/mol. The summed E-state index contributed by atoms with van der Waals surface area (Å²) < 4.78 is 22.5. The van der Waals surface area contributed by atoms with Crippen molar-refractivity contribution in [3.63, 3.8) is 0 Å². The molecule has 0 saturated carbocycles. The molecule has 1 fully saturated rings. The lowest BCUT2D eigenvalue weighted by atomic mass is 9.99. The number of aliphatic hydroxyl groups excluding tert-OH is 4. The Balaban J connectivity index is 2.31. The smallest absolute Gasteiger partial charge is 0.306 e. The van der Waals surface area contributed by atoms with Gasteiger partial charge in [0, 0.05) is 13.0 Å². The standard InChI is InChI=1S/C34H62O9/c1-3-5-7-9-10-11-12-13-14-15-16-17-18-20-22-24-40-26-28(42-30(36)23-21-19-8-6-4-2)27-41-34-33(39)32(38)31(37)29(25-35)43-34/h9-10,12-13,28-29,31-35,37-39H,3-8,11,14-27H2,1-2H3/b10-9-,13-12-. The number of carbonyl (C=O) groups excluding carboxylic acids is 1. The number of ether oxygens (including phenoxy) is 4. The first-order valence-electron chi connectivity index (χ1n) is 16.9. The molecule has 6 atom stereocenters. The van der Waals surface area contributed by atoms with Gasteiger partial charge in [-0.25, -0.2) is 0 Å². The predicted octanol–water partition coefficient (Wildman–Crippen LogP) is 5.52. The summed E-state index contributed by atoms with van der Waals surface area (Å²) >= 11 is 0. The monoisotopic (exact) mass is 614 g/mol. The molecule has 4 N–H and O–H groups in total. The van der Waals surface area contributed by atoms with Gasteiger partial charge in [0.1, 0.15) is 30.5 Å². The van der Waals surface area contributed by atoms with Gasteiger partial charge in [-0.15, -0.1) is 0 Å². The van der Waals surface area contributed by atoms with E-state index in [4.69, 9.17) is 18.9 Å². The Morgan fingerprint density at radius 1 is 0.744 bits per heavy atom. The van der Waals surface area contributed by atoms with E-state index in [1.165, 1.54) is 38.5 Å². The number of hydrogen-bond acceptors (Lipinski definition) is 9. The molecule has 252 valence electrons. The van der Waals surface area contributed by atoms with Gasteiger partial charge in [0.05, 0.1) is 19.8 Å². The largest absolute Gasteiger partial charge is 0.457 e. The number of unbranched alkanes of at least 4 members (excludes halogenated alkanes) is 12. The Morgan fingerprint density at radius 3 is 2.07 bits per heavy atom. The highest BCUT2D eigenvalue weighted by atomic mass is 16.7. The van der Waals surface area contributed by atoms with Crippen molar-refractivity contribution in [1.82, 2.24) is 0 Å². The maximum Gasteiger partial charge on any atom is 0.306 e. The lowest BCUT2D eigenvalue weighted by Crippen LogP contribution is -2.59. The third-order valence-corrected chi connectivity index (χ3v) is 7.62. The summed E-state index contributed by atoms with van der Waals surface area (Å²) in [5.41, 5.74) is 0. The van der Waals surface area contributed by atoms with Gasteiger partial charge in [0.25, 0.3) is 0 Å². The fraction of sp³-hybridized carbons (Fsp3) is 0.853. The highest BCUT2D eigenvalue weighted by molar-refractivity contribution is 5.69. The Bertz CT molecular complexity index is 712. The van der Waals surface area contributed by atoms with Gasteiger partial charge in [-0.05, 0) is 38.5 Å². The van der Waals surface area contributed by atoms with Crippen LogP contribution in [0.2, 0.25) is 0 Å². The van der Waals surface area contributed by atoms with Crippen LogP contribution in [0.3, 0.4) is 0 Å². The van der Waals surface area contributed by atoms with E-state index in [2.05, 4.69) is 38.2 Å². The molecule has 0 aromatic rings. The molecule has 0 bridgehead atoms. The maximum absolute atomic E-state index is 12.5. The molecule has 1 rings (SSSR count). The van der Waals surface area contributed by atoms with Gasteiger partial charge in [-0.2, -0.15) is 0 Å². The average molecular weight is 615 g/mol. The van der Waals surface area contributed by atoms with Crippen molar-refractivity contribution in [3.8, 4) is 0 Å². The topological polar surface area (TPSA) is 135 Å². The lowest BCUT2D eigenvalue weighted by molar-refractivity contribution is -0.305. The van der Waals surface area contributed by atoms with Crippen molar-refractivity contribution in [2.24, 2.45) is 0 Å². The van der Waals surface area contributed by atoms with Crippen LogP contribution in [-0.2, 0) is 23.7 Å². The number of esters is 1. The molecule has 43 heavy (non-hydrogen) atoms. The molecule has 0 radical (unpaired) electrons.